The highest BCUT2D eigenvalue weighted by Gasteiger charge is 2.36. The summed E-state index contributed by atoms with van der Waals surface area (Å²) in [7, 11) is 0. The fraction of sp³-hybridized carbons (Fsp3) is 0.750. The fourth-order valence-electron chi connectivity index (χ4n) is 5.42. The van der Waals surface area contributed by atoms with Crippen LogP contribution in [0.4, 0.5) is 0 Å². The zero-order valence-electron chi connectivity index (χ0n) is 17.6. The molecule has 0 spiro atoms. The molecular formula is C24H40NO2+. The zero-order valence-corrected chi connectivity index (χ0v) is 17.6. The van der Waals surface area contributed by atoms with Crippen LogP contribution in [0, 0.1) is 17.8 Å². The van der Waals surface area contributed by atoms with Crippen molar-refractivity contribution < 1.29 is 14.3 Å². The van der Waals surface area contributed by atoms with E-state index in [4.69, 9.17) is 4.74 Å². The molecule has 1 aliphatic heterocycles. The molecule has 2 aliphatic rings. The molecule has 152 valence electrons. The van der Waals surface area contributed by atoms with Crippen LogP contribution in [0.2, 0.25) is 0 Å². The summed E-state index contributed by atoms with van der Waals surface area (Å²) in [5.74, 6) is 2.06. The number of hydrogen-bond acceptors (Lipinski definition) is 2. The molecule has 1 saturated heterocycles. The van der Waals surface area contributed by atoms with E-state index in [1.807, 2.05) is 0 Å². The van der Waals surface area contributed by atoms with Crippen LogP contribution < -0.4 is 0 Å². The summed E-state index contributed by atoms with van der Waals surface area (Å²) in [6, 6.07) is 10.8. The smallest absolute Gasteiger partial charge is 0.126 e. The number of hydrogen-bond donors (Lipinski definition) is 1. The molecule has 0 unspecified atom stereocenters. The van der Waals surface area contributed by atoms with Crippen molar-refractivity contribution in [3.8, 4) is 0 Å². The van der Waals surface area contributed by atoms with Gasteiger partial charge in [0.05, 0.1) is 25.8 Å². The predicted molar refractivity (Wildman–Crippen MR) is 111 cm³/mol. The number of quaternary nitrogens is 1. The van der Waals surface area contributed by atoms with Gasteiger partial charge in [-0.3, -0.25) is 0 Å². The van der Waals surface area contributed by atoms with Gasteiger partial charge >= 0.3 is 0 Å². The van der Waals surface area contributed by atoms with Gasteiger partial charge < -0.3 is 14.3 Å². The van der Waals surface area contributed by atoms with E-state index in [-0.39, 0.29) is 6.10 Å². The molecular weight excluding hydrogens is 334 g/mol. The SMILES string of the molecule is CC(C)[C@@H]1CC[C@H](C)C[C@H]1OC[C@H](O)C[N+]1(Cc2ccccc2)CCCC1. The molecule has 0 bridgehead atoms. The lowest BCUT2D eigenvalue weighted by molar-refractivity contribution is -0.932. The maximum atomic E-state index is 10.8. The van der Waals surface area contributed by atoms with Crippen LogP contribution in [0.1, 0.15) is 58.4 Å². The molecule has 3 heteroatoms. The van der Waals surface area contributed by atoms with Crippen molar-refractivity contribution in [3.05, 3.63) is 35.9 Å². The van der Waals surface area contributed by atoms with Crippen LogP contribution in [-0.2, 0) is 11.3 Å². The molecule has 0 amide bonds. The number of benzene rings is 1. The van der Waals surface area contributed by atoms with Crippen LogP contribution in [0.15, 0.2) is 30.3 Å². The Kier molecular flexibility index (Phi) is 7.35. The van der Waals surface area contributed by atoms with Gasteiger partial charge in [-0.1, -0.05) is 57.5 Å². The summed E-state index contributed by atoms with van der Waals surface area (Å²) in [6.07, 6.45) is 6.25. The van der Waals surface area contributed by atoms with Gasteiger partial charge in [0.25, 0.3) is 0 Å². The number of nitrogens with zero attached hydrogens (tertiary/aromatic N) is 1. The largest absolute Gasteiger partial charge is 0.385 e. The second-order valence-corrected chi connectivity index (χ2v) is 9.67. The van der Waals surface area contributed by atoms with Crippen LogP contribution in [-0.4, -0.2) is 48.0 Å². The molecule has 1 aliphatic carbocycles. The summed E-state index contributed by atoms with van der Waals surface area (Å²) in [6.45, 7) is 11.7. The van der Waals surface area contributed by atoms with Gasteiger partial charge in [-0.15, -0.1) is 0 Å². The zero-order chi connectivity index (χ0) is 19.3. The standard InChI is InChI=1S/C24H40NO2/c1-19(2)23-12-11-20(3)15-24(23)27-18-22(26)17-25(13-7-8-14-25)16-21-9-5-4-6-10-21/h4-6,9-10,19-20,22-24,26H,7-8,11-18H2,1-3H3/q+1/t20-,22+,23-,24+/m0/s1. The van der Waals surface area contributed by atoms with Crippen molar-refractivity contribution in [3.63, 3.8) is 0 Å². The molecule has 1 N–H and O–H groups in total. The average molecular weight is 375 g/mol. The maximum absolute atomic E-state index is 10.8. The Morgan fingerprint density at radius 2 is 1.81 bits per heavy atom. The Labute approximate surface area is 166 Å². The lowest BCUT2D eigenvalue weighted by Gasteiger charge is -2.39. The third kappa shape index (κ3) is 5.79. The number of aliphatic hydroxyl groups excluding tert-OH is 1. The van der Waals surface area contributed by atoms with E-state index in [9.17, 15) is 5.11 Å². The Balaban J connectivity index is 1.55. The van der Waals surface area contributed by atoms with Crippen LogP contribution in [0.25, 0.3) is 0 Å². The highest BCUT2D eigenvalue weighted by atomic mass is 16.5. The number of aliphatic hydroxyl groups is 1. The molecule has 1 heterocycles. The molecule has 1 aromatic rings. The van der Waals surface area contributed by atoms with Gasteiger partial charge in [-0.25, -0.2) is 0 Å². The van der Waals surface area contributed by atoms with Crippen molar-refractivity contribution in [2.75, 3.05) is 26.2 Å². The van der Waals surface area contributed by atoms with Gasteiger partial charge in [0, 0.05) is 18.4 Å². The molecule has 4 atom stereocenters. The van der Waals surface area contributed by atoms with Crippen LogP contribution in [0.3, 0.4) is 0 Å². The second kappa shape index (κ2) is 9.54. The van der Waals surface area contributed by atoms with Crippen molar-refractivity contribution in [1.29, 1.82) is 0 Å². The monoisotopic (exact) mass is 374 g/mol. The molecule has 1 saturated carbocycles. The van der Waals surface area contributed by atoms with Gasteiger partial charge in [0.15, 0.2) is 0 Å². The first-order valence-electron chi connectivity index (χ1n) is 11.2. The summed E-state index contributed by atoms with van der Waals surface area (Å²) in [5.41, 5.74) is 1.38. The quantitative estimate of drug-likeness (QED) is 0.672. The van der Waals surface area contributed by atoms with Crippen molar-refractivity contribution >= 4 is 0 Å². The fourth-order valence-corrected chi connectivity index (χ4v) is 5.42. The highest BCUT2D eigenvalue weighted by molar-refractivity contribution is 5.13. The predicted octanol–water partition coefficient (Wildman–Crippen LogP) is 4.64. The lowest BCUT2D eigenvalue weighted by atomic mass is 9.75. The minimum Gasteiger partial charge on any atom is -0.385 e. The number of likely N-dealkylation sites (tertiary alicyclic amines) is 1. The number of rotatable bonds is 8. The molecule has 3 rings (SSSR count). The maximum Gasteiger partial charge on any atom is 0.126 e. The minimum absolute atomic E-state index is 0.324. The molecule has 27 heavy (non-hydrogen) atoms. The van der Waals surface area contributed by atoms with Gasteiger partial charge in [-0.2, -0.15) is 0 Å². The van der Waals surface area contributed by atoms with Crippen LogP contribution in [0.5, 0.6) is 0 Å². The molecule has 0 aromatic heterocycles. The van der Waals surface area contributed by atoms with Crippen LogP contribution >= 0.6 is 0 Å². The van der Waals surface area contributed by atoms with Gasteiger partial charge in [0.2, 0.25) is 0 Å². The Morgan fingerprint density at radius 3 is 2.48 bits per heavy atom. The van der Waals surface area contributed by atoms with E-state index >= 15 is 0 Å². The first-order chi connectivity index (χ1) is 13.0. The van der Waals surface area contributed by atoms with E-state index < -0.39 is 0 Å². The van der Waals surface area contributed by atoms with Gasteiger partial charge in [0.1, 0.15) is 19.2 Å². The van der Waals surface area contributed by atoms with Crippen molar-refractivity contribution in [2.24, 2.45) is 17.8 Å². The number of ether oxygens (including phenoxy) is 1. The van der Waals surface area contributed by atoms with E-state index in [2.05, 4.69) is 51.1 Å². The second-order valence-electron chi connectivity index (χ2n) is 9.67. The van der Waals surface area contributed by atoms with E-state index in [1.54, 1.807) is 0 Å². The van der Waals surface area contributed by atoms with E-state index in [1.165, 1.54) is 44.3 Å². The van der Waals surface area contributed by atoms with E-state index in [0.717, 1.165) is 29.9 Å². The minimum atomic E-state index is -0.364. The molecule has 2 fully saturated rings. The Morgan fingerprint density at radius 1 is 1.11 bits per heavy atom. The summed E-state index contributed by atoms with van der Waals surface area (Å²) < 4.78 is 7.35. The summed E-state index contributed by atoms with van der Waals surface area (Å²) >= 11 is 0. The summed E-state index contributed by atoms with van der Waals surface area (Å²) in [5, 5.41) is 10.8. The normalized spacial score (nSPS) is 29.1. The third-order valence-electron chi connectivity index (χ3n) is 6.94. The average Bonchev–Trinajstić information content (AvgIpc) is 3.08. The Hall–Kier alpha value is -0.900. The lowest BCUT2D eigenvalue weighted by Crippen LogP contribution is -2.50. The highest BCUT2D eigenvalue weighted by Crippen LogP contribution is 2.35. The molecule has 1 aromatic carbocycles. The Bertz CT molecular complexity index is 553. The van der Waals surface area contributed by atoms with Gasteiger partial charge in [-0.05, 0) is 30.6 Å². The molecule has 3 nitrogen and oxygen atoms in total. The first kappa shape index (κ1) is 20.8. The van der Waals surface area contributed by atoms with Crippen molar-refractivity contribution in [2.45, 2.75) is 71.6 Å². The topological polar surface area (TPSA) is 29.5 Å². The third-order valence-corrected chi connectivity index (χ3v) is 6.94. The van der Waals surface area contributed by atoms with E-state index in [0.29, 0.717) is 24.5 Å². The summed E-state index contributed by atoms with van der Waals surface area (Å²) in [4.78, 5) is 0. The first-order valence-corrected chi connectivity index (χ1v) is 11.2. The molecule has 0 radical (unpaired) electrons. The van der Waals surface area contributed by atoms with Crippen molar-refractivity contribution in [1.82, 2.24) is 0 Å².